The maximum absolute atomic E-state index is 12.1. The van der Waals surface area contributed by atoms with Gasteiger partial charge in [0.2, 0.25) is 5.91 Å². The van der Waals surface area contributed by atoms with E-state index in [0.29, 0.717) is 19.0 Å². The lowest BCUT2D eigenvalue weighted by molar-refractivity contribution is -0.123. The molecule has 0 unspecified atom stereocenters. The fourth-order valence-electron chi connectivity index (χ4n) is 3.44. The van der Waals surface area contributed by atoms with E-state index in [1.54, 1.807) is 0 Å². The van der Waals surface area contributed by atoms with Gasteiger partial charge in [-0.15, -0.1) is 0 Å². The molecule has 1 aromatic carbocycles. The lowest BCUT2D eigenvalue weighted by Crippen LogP contribution is -2.54. The summed E-state index contributed by atoms with van der Waals surface area (Å²) in [5.74, 6) is 0.102. The number of benzene rings is 1. The number of nitrogens with zero attached hydrogens (tertiary/aromatic N) is 1. The smallest absolute Gasteiger partial charge is 0.220 e. The van der Waals surface area contributed by atoms with Gasteiger partial charge in [0.15, 0.2) is 0 Å². The SMILES string of the molecule is O=C(CCc1ccccc1Br)NC[C@H]1CN2CCCC[C@H]2CO1. The van der Waals surface area contributed by atoms with Crippen LogP contribution in [0.4, 0.5) is 0 Å². The van der Waals surface area contributed by atoms with Gasteiger partial charge in [-0.1, -0.05) is 40.5 Å². The molecular formula is C18H25BrN2O2. The fourth-order valence-corrected chi connectivity index (χ4v) is 3.92. The Balaban J connectivity index is 1.38. The molecule has 0 spiro atoms. The molecule has 0 saturated carbocycles. The molecule has 2 heterocycles. The molecule has 0 bridgehead atoms. The van der Waals surface area contributed by atoms with Gasteiger partial charge in [-0.25, -0.2) is 0 Å². The van der Waals surface area contributed by atoms with Gasteiger partial charge in [0.05, 0.1) is 12.7 Å². The Morgan fingerprint density at radius 1 is 1.35 bits per heavy atom. The number of amides is 1. The Labute approximate surface area is 146 Å². The van der Waals surface area contributed by atoms with E-state index in [2.05, 4.69) is 32.2 Å². The highest BCUT2D eigenvalue weighted by Gasteiger charge is 2.30. The maximum Gasteiger partial charge on any atom is 0.220 e. The molecule has 2 fully saturated rings. The van der Waals surface area contributed by atoms with Gasteiger partial charge in [0.25, 0.3) is 0 Å². The molecule has 2 aliphatic rings. The van der Waals surface area contributed by atoms with Crippen molar-refractivity contribution in [2.45, 2.75) is 44.2 Å². The van der Waals surface area contributed by atoms with Crippen LogP contribution in [0.3, 0.4) is 0 Å². The number of piperidine rings is 1. The molecular weight excluding hydrogens is 356 g/mol. The first-order chi connectivity index (χ1) is 11.2. The molecule has 1 amide bonds. The Kier molecular flexibility index (Phi) is 6.08. The standard InChI is InChI=1S/C18H25BrN2O2/c19-17-7-2-1-5-14(17)8-9-18(22)20-11-16-12-21-10-4-3-6-15(21)13-23-16/h1-2,5,7,15-16H,3-4,6,8-13H2,(H,20,22)/t15-,16-/m0/s1. The highest BCUT2D eigenvalue weighted by Crippen LogP contribution is 2.22. The predicted molar refractivity (Wildman–Crippen MR) is 94.4 cm³/mol. The highest BCUT2D eigenvalue weighted by molar-refractivity contribution is 9.10. The fraction of sp³-hybridized carbons (Fsp3) is 0.611. The summed E-state index contributed by atoms with van der Waals surface area (Å²) in [5.41, 5.74) is 1.17. The van der Waals surface area contributed by atoms with Crippen molar-refractivity contribution in [2.75, 3.05) is 26.2 Å². The number of nitrogens with one attached hydrogen (secondary N) is 1. The van der Waals surface area contributed by atoms with Crippen LogP contribution in [0.15, 0.2) is 28.7 Å². The number of hydrogen-bond donors (Lipinski definition) is 1. The van der Waals surface area contributed by atoms with E-state index in [4.69, 9.17) is 4.74 Å². The summed E-state index contributed by atoms with van der Waals surface area (Å²) in [7, 11) is 0. The quantitative estimate of drug-likeness (QED) is 0.853. The van der Waals surface area contributed by atoms with E-state index in [-0.39, 0.29) is 12.0 Å². The minimum Gasteiger partial charge on any atom is -0.373 e. The summed E-state index contributed by atoms with van der Waals surface area (Å²) in [6.07, 6.45) is 5.28. The van der Waals surface area contributed by atoms with Crippen molar-refractivity contribution in [3.05, 3.63) is 34.3 Å². The summed E-state index contributed by atoms with van der Waals surface area (Å²) >= 11 is 3.52. The first kappa shape index (κ1) is 16.9. The summed E-state index contributed by atoms with van der Waals surface area (Å²) in [6.45, 7) is 3.57. The van der Waals surface area contributed by atoms with Crippen LogP contribution in [-0.2, 0) is 16.0 Å². The van der Waals surface area contributed by atoms with Crippen LogP contribution in [0.2, 0.25) is 0 Å². The van der Waals surface area contributed by atoms with Gasteiger partial charge in [-0.3, -0.25) is 9.69 Å². The Morgan fingerprint density at radius 3 is 3.09 bits per heavy atom. The summed E-state index contributed by atoms with van der Waals surface area (Å²) < 4.78 is 6.98. The second-order valence-electron chi connectivity index (χ2n) is 6.50. The third kappa shape index (κ3) is 4.78. The van der Waals surface area contributed by atoms with Crippen LogP contribution >= 0.6 is 15.9 Å². The van der Waals surface area contributed by atoms with Crippen LogP contribution in [0, 0.1) is 0 Å². The number of ether oxygens (including phenoxy) is 1. The molecule has 0 aliphatic carbocycles. The van der Waals surface area contributed by atoms with Gasteiger partial charge in [-0.05, 0) is 37.4 Å². The van der Waals surface area contributed by atoms with E-state index in [0.717, 1.165) is 24.0 Å². The van der Waals surface area contributed by atoms with Crippen molar-refractivity contribution in [1.82, 2.24) is 10.2 Å². The number of rotatable bonds is 5. The molecule has 2 atom stereocenters. The van der Waals surface area contributed by atoms with E-state index in [1.165, 1.54) is 31.4 Å². The zero-order valence-corrected chi connectivity index (χ0v) is 15.1. The average molecular weight is 381 g/mol. The van der Waals surface area contributed by atoms with Crippen LogP contribution in [-0.4, -0.2) is 49.2 Å². The van der Waals surface area contributed by atoms with Crippen molar-refractivity contribution in [3.8, 4) is 0 Å². The molecule has 0 radical (unpaired) electrons. The van der Waals surface area contributed by atoms with Gasteiger partial charge >= 0.3 is 0 Å². The minimum absolute atomic E-state index is 0.102. The zero-order valence-electron chi connectivity index (χ0n) is 13.5. The first-order valence-corrected chi connectivity index (χ1v) is 9.37. The van der Waals surface area contributed by atoms with Crippen molar-refractivity contribution < 1.29 is 9.53 Å². The van der Waals surface area contributed by atoms with Gasteiger partial charge < -0.3 is 10.1 Å². The number of fused-ring (bicyclic) bond motifs is 1. The van der Waals surface area contributed by atoms with Gasteiger partial charge in [0, 0.05) is 30.0 Å². The molecule has 2 saturated heterocycles. The Hall–Kier alpha value is -0.910. The average Bonchev–Trinajstić information content (AvgIpc) is 2.59. The minimum atomic E-state index is 0.102. The van der Waals surface area contributed by atoms with Crippen LogP contribution < -0.4 is 5.32 Å². The van der Waals surface area contributed by atoms with Crippen molar-refractivity contribution >= 4 is 21.8 Å². The third-order valence-corrected chi connectivity index (χ3v) is 5.59. The topological polar surface area (TPSA) is 41.6 Å². The monoisotopic (exact) mass is 380 g/mol. The highest BCUT2D eigenvalue weighted by atomic mass is 79.9. The summed E-state index contributed by atoms with van der Waals surface area (Å²) in [4.78, 5) is 14.6. The lowest BCUT2D eigenvalue weighted by atomic mass is 10.0. The predicted octanol–water partition coefficient (Wildman–Crippen LogP) is 2.75. The van der Waals surface area contributed by atoms with Crippen LogP contribution in [0.1, 0.15) is 31.2 Å². The molecule has 0 aromatic heterocycles. The third-order valence-electron chi connectivity index (χ3n) is 4.82. The largest absolute Gasteiger partial charge is 0.373 e. The summed E-state index contributed by atoms with van der Waals surface area (Å²) in [5, 5.41) is 3.03. The van der Waals surface area contributed by atoms with Crippen LogP contribution in [0.5, 0.6) is 0 Å². The molecule has 23 heavy (non-hydrogen) atoms. The molecule has 126 valence electrons. The first-order valence-electron chi connectivity index (χ1n) is 8.58. The Bertz CT molecular complexity index is 538. The second-order valence-corrected chi connectivity index (χ2v) is 7.35. The van der Waals surface area contributed by atoms with E-state index >= 15 is 0 Å². The van der Waals surface area contributed by atoms with Crippen LogP contribution in [0.25, 0.3) is 0 Å². The van der Waals surface area contributed by atoms with Gasteiger partial charge in [-0.2, -0.15) is 0 Å². The second kappa shape index (κ2) is 8.27. The number of carbonyl (C=O) groups excluding carboxylic acids is 1. The van der Waals surface area contributed by atoms with E-state index < -0.39 is 0 Å². The van der Waals surface area contributed by atoms with Crippen molar-refractivity contribution in [2.24, 2.45) is 0 Å². The number of carbonyl (C=O) groups is 1. The van der Waals surface area contributed by atoms with E-state index in [1.807, 2.05) is 18.2 Å². The molecule has 4 nitrogen and oxygen atoms in total. The lowest BCUT2D eigenvalue weighted by Gasteiger charge is -2.42. The normalized spacial score (nSPS) is 24.9. The maximum atomic E-state index is 12.1. The number of halogens is 1. The number of morpholine rings is 1. The number of hydrogen-bond acceptors (Lipinski definition) is 3. The molecule has 5 heteroatoms. The molecule has 3 rings (SSSR count). The van der Waals surface area contributed by atoms with Gasteiger partial charge in [0.1, 0.15) is 0 Å². The Morgan fingerprint density at radius 2 is 2.22 bits per heavy atom. The van der Waals surface area contributed by atoms with Crippen molar-refractivity contribution in [1.29, 1.82) is 0 Å². The molecule has 1 aromatic rings. The molecule has 1 N–H and O–H groups in total. The zero-order chi connectivity index (χ0) is 16.1. The number of aryl methyl sites for hydroxylation is 1. The van der Waals surface area contributed by atoms with Crippen molar-refractivity contribution in [3.63, 3.8) is 0 Å². The summed E-state index contributed by atoms with van der Waals surface area (Å²) in [6, 6.07) is 8.66. The van der Waals surface area contributed by atoms with E-state index in [9.17, 15) is 4.79 Å². The molecule has 2 aliphatic heterocycles.